The Bertz CT molecular complexity index is 539. The van der Waals surface area contributed by atoms with Crippen molar-refractivity contribution in [1.29, 1.82) is 0 Å². The van der Waals surface area contributed by atoms with Crippen LogP contribution in [0.3, 0.4) is 0 Å². The van der Waals surface area contributed by atoms with Gasteiger partial charge in [0, 0.05) is 19.2 Å². The van der Waals surface area contributed by atoms with Crippen LogP contribution in [0.25, 0.3) is 10.6 Å². The van der Waals surface area contributed by atoms with Gasteiger partial charge in [-0.05, 0) is 20.9 Å². The molecule has 1 heterocycles. The second-order valence-corrected chi connectivity index (χ2v) is 6.57. The monoisotopic (exact) mass is 291 g/mol. The third-order valence-electron chi connectivity index (χ3n) is 3.10. The number of likely N-dealkylation sites (N-methyl/N-ethyl adjacent to an activating group) is 1. The summed E-state index contributed by atoms with van der Waals surface area (Å²) in [6, 6.07) is 10.2. The highest BCUT2D eigenvalue weighted by molar-refractivity contribution is 7.14. The number of aromatic nitrogens is 2. The van der Waals surface area contributed by atoms with Crippen molar-refractivity contribution in [2.75, 3.05) is 20.7 Å². The Morgan fingerprint density at radius 2 is 1.90 bits per heavy atom. The molecule has 0 saturated carbocycles. The van der Waals surface area contributed by atoms with Gasteiger partial charge in [-0.2, -0.15) is 0 Å². The van der Waals surface area contributed by atoms with Gasteiger partial charge in [0.2, 0.25) is 0 Å². The van der Waals surface area contributed by atoms with Crippen LogP contribution in [-0.4, -0.2) is 41.4 Å². The van der Waals surface area contributed by atoms with Crippen LogP contribution in [0.1, 0.15) is 18.9 Å². The van der Waals surface area contributed by atoms with E-state index in [4.69, 9.17) is 4.74 Å². The van der Waals surface area contributed by atoms with Crippen LogP contribution in [0.2, 0.25) is 0 Å². The molecule has 0 aliphatic carbocycles. The molecule has 1 aromatic carbocycles. The van der Waals surface area contributed by atoms with E-state index in [0.29, 0.717) is 0 Å². The molecule has 0 N–H and O–H groups in total. The molecule has 0 amide bonds. The Balaban J connectivity index is 2.00. The largest absolute Gasteiger partial charge is 0.377 e. The Hall–Kier alpha value is -1.30. The number of benzene rings is 1. The molecule has 2 rings (SSSR count). The van der Waals surface area contributed by atoms with Crippen LogP contribution in [-0.2, 0) is 11.3 Å². The van der Waals surface area contributed by atoms with Crippen molar-refractivity contribution in [3.8, 4) is 10.6 Å². The Morgan fingerprint density at radius 3 is 2.55 bits per heavy atom. The maximum absolute atomic E-state index is 5.45. The molecule has 108 valence electrons. The first kappa shape index (κ1) is 15.1. The lowest BCUT2D eigenvalue weighted by atomic mass is 10.1. The zero-order valence-electron chi connectivity index (χ0n) is 12.5. The van der Waals surface area contributed by atoms with E-state index in [9.17, 15) is 0 Å². The molecule has 2 aromatic rings. The lowest BCUT2D eigenvalue weighted by molar-refractivity contribution is -0.00351. The highest BCUT2D eigenvalue weighted by Crippen LogP contribution is 2.23. The summed E-state index contributed by atoms with van der Waals surface area (Å²) >= 11 is 1.64. The number of methoxy groups -OCH3 is 1. The fourth-order valence-electron chi connectivity index (χ4n) is 2.02. The van der Waals surface area contributed by atoms with Crippen molar-refractivity contribution in [2.24, 2.45) is 0 Å². The molecular weight excluding hydrogens is 270 g/mol. The molecule has 4 nitrogen and oxygen atoms in total. The van der Waals surface area contributed by atoms with Crippen molar-refractivity contribution < 1.29 is 4.74 Å². The van der Waals surface area contributed by atoms with Gasteiger partial charge in [0.15, 0.2) is 0 Å². The first-order chi connectivity index (χ1) is 9.50. The molecule has 0 fully saturated rings. The molecule has 1 aromatic heterocycles. The molecular formula is C15H21N3OS. The first-order valence-electron chi connectivity index (χ1n) is 6.62. The first-order valence-corrected chi connectivity index (χ1v) is 7.43. The average Bonchev–Trinajstić information content (AvgIpc) is 2.87. The Morgan fingerprint density at radius 1 is 1.20 bits per heavy atom. The number of nitrogens with zero attached hydrogens (tertiary/aromatic N) is 3. The number of ether oxygens (including phenoxy) is 1. The van der Waals surface area contributed by atoms with Crippen LogP contribution < -0.4 is 0 Å². The summed E-state index contributed by atoms with van der Waals surface area (Å²) in [4.78, 5) is 2.21. The van der Waals surface area contributed by atoms with Crippen LogP contribution in [0.4, 0.5) is 0 Å². The normalized spacial score (nSPS) is 12.1. The van der Waals surface area contributed by atoms with E-state index < -0.39 is 0 Å². The molecule has 0 aliphatic rings. The third kappa shape index (κ3) is 4.10. The quantitative estimate of drug-likeness (QED) is 0.820. The molecule has 0 spiro atoms. The minimum Gasteiger partial charge on any atom is -0.377 e. The summed E-state index contributed by atoms with van der Waals surface area (Å²) < 4.78 is 5.45. The second kappa shape index (κ2) is 6.43. The molecule has 0 saturated heterocycles. The van der Waals surface area contributed by atoms with Gasteiger partial charge < -0.3 is 4.74 Å². The smallest absolute Gasteiger partial charge is 0.147 e. The van der Waals surface area contributed by atoms with Crippen molar-refractivity contribution >= 4 is 11.3 Å². The maximum atomic E-state index is 5.45. The molecule has 0 bridgehead atoms. The zero-order valence-corrected chi connectivity index (χ0v) is 13.3. The third-order valence-corrected chi connectivity index (χ3v) is 4.05. The standard InChI is InChI=1S/C15H21N3OS/c1-15(2,19-4)11-18(3)10-13-16-17-14(20-13)12-8-6-5-7-9-12/h5-9H,10-11H2,1-4H3. The zero-order chi connectivity index (χ0) is 14.6. The van der Waals surface area contributed by atoms with Crippen molar-refractivity contribution in [1.82, 2.24) is 15.1 Å². The molecule has 0 aliphatic heterocycles. The molecule has 20 heavy (non-hydrogen) atoms. The van der Waals surface area contributed by atoms with E-state index in [1.807, 2.05) is 18.2 Å². The predicted molar refractivity (Wildman–Crippen MR) is 82.8 cm³/mol. The maximum Gasteiger partial charge on any atom is 0.147 e. The van der Waals surface area contributed by atoms with Gasteiger partial charge in [-0.1, -0.05) is 41.7 Å². The van der Waals surface area contributed by atoms with Crippen LogP contribution in [0.5, 0.6) is 0 Å². The van der Waals surface area contributed by atoms with E-state index >= 15 is 0 Å². The van der Waals surface area contributed by atoms with Crippen LogP contribution >= 0.6 is 11.3 Å². The van der Waals surface area contributed by atoms with E-state index in [0.717, 1.165) is 28.7 Å². The SMILES string of the molecule is COC(C)(C)CN(C)Cc1nnc(-c2ccccc2)s1. The van der Waals surface area contributed by atoms with Gasteiger partial charge in [0.05, 0.1) is 12.1 Å². The van der Waals surface area contributed by atoms with E-state index in [2.05, 4.69) is 48.1 Å². The lowest BCUT2D eigenvalue weighted by Crippen LogP contribution is -2.37. The molecule has 0 radical (unpaired) electrons. The molecule has 5 heteroatoms. The van der Waals surface area contributed by atoms with Crippen molar-refractivity contribution in [3.63, 3.8) is 0 Å². The van der Waals surface area contributed by atoms with Gasteiger partial charge in [0.25, 0.3) is 0 Å². The summed E-state index contributed by atoms with van der Waals surface area (Å²) in [6.45, 7) is 5.80. The minimum absolute atomic E-state index is 0.151. The van der Waals surface area contributed by atoms with Gasteiger partial charge in [-0.25, -0.2) is 0 Å². The van der Waals surface area contributed by atoms with Gasteiger partial charge in [-0.3, -0.25) is 4.90 Å². The van der Waals surface area contributed by atoms with Gasteiger partial charge >= 0.3 is 0 Å². The topological polar surface area (TPSA) is 38.2 Å². The van der Waals surface area contributed by atoms with Crippen molar-refractivity contribution in [2.45, 2.75) is 26.0 Å². The summed E-state index contributed by atoms with van der Waals surface area (Å²) in [5.41, 5.74) is 0.970. The fourth-order valence-corrected chi connectivity index (χ4v) is 2.94. The predicted octanol–water partition coefficient (Wildman–Crippen LogP) is 3.06. The van der Waals surface area contributed by atoms with E-state index in [-0.39, 0.29) is 5.60 Å². The lowest BCUT2D eigenvalue weighted by Gasteiger charge is -2.28. The summed E-state index contributed by atoms with van der Waals surface area (Å²) in [7, 11) is 3.82. The minimum atomic E-state index is -0.151. The van der Waals surface area contributed by atoms with Gasteiger partial charge in [-0.15, -0.1) is 10.2 Å². The second-order valence-electron chi connectivity index (χ2n) is 5.50. The van der Waals surface area contributed by atoms with E-state index in [1.165, 1.54) is 0 Å². The van der Waals surface area contributed by atoms with Crippen LogP contribution in [0.15, 0.2) is 30.3 Å². The Labute approximate surface area is 124 Å². The van der Waals surface area contributed by atoms with Crippen molar-refractivity contribution in [3.05, 3.63) is 35.3 Å². The van der Waals surface area contributed by atoms with E-state index in [1.54, 1.807) is 18.4 Å². The van der Waals surface area contributed by atoms with Crippen LogP contribution in [0, 0.1) is 0 Å². The average molecular weight is 291 g/mol. The Kier molecular flexibility index (Phi) is 4.86. The number of hydrogen-bond acceptors (Lipinski definition) is 5. The summed E-state index contributed by atoms with van der Waals surface area (Å²) in [5, 5.41) is 10.5. The molecule has 0 unspecified atom stereocenters. The highest BCUT2D eigenvalue weighted by Gasteiger charge is 2.19. The molecule has 0 atom stereocenters. The number of rotatable bonds is 6. The summed E-state index contributed by atoms with van der Waals surface area (Å²) in [5.74, 6) is 0. The fraction of sp³-hybridized carbons (Fsp3) is 0.467. The van der Waals surface area contributed by atoms with Gasteiger partial charge in [0.1, 0.15) is 10.0 Å². The summed E-state index contributed by atoms with van der Waals surface area (Å²) in [6.07, 6.45) is 0. The number of hydrogen-bond donors (Lipinski definition) is 0. The highest BCUT2D eigenvalue weighted by atomic mass is 32.1.